The molecular weight excluding hydrogens is 246 g/mol. The van der Waals surface area contributed by atoms with Gasteiger partial charge in [0.2, 0.25) is 0 Å². The molecule has 0 bridgehead atoms. The Hall–Kier alpha value is -2.35. The maximum atomic E-state index is 5.90. The molecule has 0 amide bonds. The second-order valence-electron chi connectivity index (χ2n) is 4.77. The molecule has 0 saturated heterocycles. The number of rotatable bonds is 4. The van der Waals surface area contributed by atoms with Gasteiger partial charge in [-0.3, -0.25) is 4.98 Å². The maximum absolute atomic E-state index is 5.90. The predicted octanol–water partition coefficient (Wildman–Crippen LogP) is 4.38. The van der Waals surface area contributed by atoms with Crippen LogP contribution in [0.4, 0.5) is 0 Å². The number of fused-ring (bicyclic) bond motifs is 1. The van der Waals surface area contributed by atoms with Crippen LogP contribution < -0.4 is 4.74 Å². The summed E-state index contributed by atoms with van der Waals surface area (Å²) in [6, 6.07) is 18.5. The van der Waals surface area contributed by atoms with E-state index in [1.54, 1.807) is 0 Å². The minimum atomic E-state index is 0.502. The molecule has 0 aliphatic heterocycles. The highest BCUT2D eigenvalue weighted by molar-refractivity contribution is 5.81. The normalized spacial score (nSPS) is 10.7. The molecule has 3 rings (SSSR count). The maximum Gasteiger partial charge on any atom is 0.130 e. The Morgan fingerprint density at radius 1 is 0.950 bits per heavy atom. The minimum Gasteiger partial charge on any atom is -0.487 e. The number of para-hydroxylation sites is 1. The molecule has 0 aliphatic rings. The van der Waals surface area contributed by atoms with Gasteiger partial charge < -0.3 is 4.74 Å². The summed E-state index contributed by atoms with van der Waals surface area (Å²) in [5.74, 6) is 0.949. The molecule has 100 valence electrons. The second kappa shape index (κ2) is 5.74. The number of nitrogens with zero attached hydrogens (tertiary/aromatic N) is 1. The average Bonchev–Trinajstić information content (AvgIpc) is 2.53. The van der Waals surface area contributed by atoms with E-state index in [0.717, 1.165) is 23.3 Å². The molecule has 2 heteroatoms. The summed E-state index contributed by atoms with van der Waals surface area (Å²) >= 11 is 0. The standard InChI is InChI=1S/C18H17NO/c1-2-14-7-5-6-10-18(14)20-13-17-11-15-8-3-4-9-16(15)12-19-17/h3-12H,2,13H2,1H3. The zero-order chi connectivity index (χ0) is 13.8. The number of ether oxygens (including phenoxy) is 1. The van der Waals surface area contributed by atoms with E-state index < -0.39 is 0 Å². The summed E-state index contributed by atoms with van der Waals surface area (Å²) in [7, 11) is 0. The van der Waals surface area contributed by atoms with Gasteiger partial charge in [0, 0.05) is 11.6 Å². The molecule has 0 spiro atoms. The van der Waals surface area contributed by atoms with Crippen molar-refractivity contribution < 1.29 is 4.74 Å². The van der Waals surface area contributed by atoms with Crippen molar-refractivity contribution in [3.8, 4) is 5.75 Å². The molecule has 20 heavy (non-hydrogen) atoms. The first kappa shape index (κ1) is 12.7. The third-order valence-electron chi connectivity index (χ3n) is 3.42. The first-order chi connectivity index (χ1) is 9.86. The van der Waals surface area contributed by atoms with Crippen molar-refractivity contribution in [3.63, 3.8) is 0 Å². The molecule has 0 N–H and O–H groups in total. The number of aryl methyl sites for hydroxylation is 1. The van der Waals surface area contributed by atoms with E-state index in [1.165, 1.54) is 10.9 Å². The Bertz CT molecular complexity index is 721. The van der Waals surface area contributed by atoms with Crippen LogP contribution in [0.2, 0.25) is 0 Å². The van der Waals surface area contributed by atoms with E-state index in [4.69, 9.17) is 4.74 Å². The summed E-state index contributed by atoms with van der Waals surface area (Å²) < 4.78 is 5.90. The third kappa shape index (κ3) is 2.64. The molecule has 0 saturated carbocycles. The molecular formula is C18H17NO. The van der Waals surface area contributed by atoms with E-state index in [9.17, 15) is 0 Å². The fraction of sp³-hybridized carbons (Fsp3) is 0.167. The second-order valence-corrected chi connectivity index (χ2v) is 4.77. The van der Waals surface area contributed by atoms with E-state index in [1.807, 2.05) is 36.5 Å². The van der Waals surface area contributed by atoms with E-state index in [-0.39, 0.29) is 0 Å². The van der Waals surface area contributed by atoms with Crippen molar-refractivity contribution in [1.29, 1.82) is 0 Å². The van der Waals surface area contributed by atoms with Gasteiger partial charge in [0.25, 0.3) is 0 Å². The molecule has 2 nitrogen and oxygen atoms in total. The lowest BCUT2D eigenvalue weighted by Gasteiger charge is -2.10. The van der Waals surface area contributed by atoms with Gasteiger partial charge in [-0.05, 0) is 29.5 Å². The largest absolute Gasteiger partial charge is 0.487 e. The van der Waals surface area contributed by atoms with Crippen molar-refractivity contribution in [3.05, 3.63) is 72.1 Å². The van der Waals surface area contributed by atoms with Crippen LogP contribution in [0.3, 0.4) is 0 Å². The highest BCUT2D eigenvalue weighted by atomic mass is 16.5. The first-order valence-corrected chi connectivity index (χ1v) is 6.91. The lowest BCUT2D eigenvalue weighted by molar-refractivity contribution is 0.298. The summed E-state index contributed by atoms with van der Waals surface area (Å²) in [5, 5.41) is 2.36. The number of hydrogen-bond donors (Lipinski definition) is 0. The van der Waals surface area contributed by atoms with Gasteiger partial charge in [0.05, 0.1) is 5.69 Å². The number of benzene rings is 2. The fourth-order valence-electron chi connectivity index (χ4n) is 2.30. The Balaban J connectivity index is 1.79. The molecule has 3 aromatic rings. The molecule has 1 heterocycles. The van der Waals surface area contributed by atoms with E-state index >= 15 is 0 Å². The third-order valence-corrected chi connectivity index (χ3v) is 3.42. The first-order valence-electron chi connectivity index (χ1n) is 6.91. The van der Waals surface area contributed by atoms with Crippen LogP contribution in [0.1, 0.15) is 18.2 Å². The summed E-state index contributed by atoms with van der Waals surface area (Å²) in [6.07, 6.45) is 2.88. The number of aromatic nitrogens is 1. The SMILES string of the molecule is CCc1ccccc1OCc1cc2ccccc2cn1. The smallest absolute Gasteiger partial charge is 0.130 e. The van der Waals surface area contributed by atoms with Crippen molar-refractivity contribution >= 4 is 10.8 Å². The van der Waals surface area contributed by atoms with Gasteiger partial charge >= 0.3 is 0 Å². The number of hydrogen-bond acceptors (Lipinski definition) is 2. The zero-order valence-electron chi connectivity index (χ0n) is 11.5. The van der Waals surface area contributed by atoms with Gasteiger partial charge in [-0.15, -0.1) is 0 Å². The predicted molar refractivity (Wildman–Crippen MR) is 81.9 cm³/mol. The molecule has 0 fully saturated rings. The van der Waals surface area contributed by atoms with Gasteiger partial charge in [-0.2, -0.15) is 0 Å². The molecule has 0 aliphatic carbocycles. The van der Waals surface area contributed by atoms with Gasteiger partial charge in [-0.25, -0.2) is 0 Å². The molecule has 0 radical (unpaired) electrons. The summed E-state index contributed by atoms with van der Waals surface area (Å²) in [4.78, 5) is 4.45. The van der Waals surface area contributed by atoms with Crippen LogP contribution in [0.5, 0.6) is 5.75 Å². The lowest BCUT2D eigenvalue weighted by Crippen LogP contribution is -2.00. The van der Waals surface area contributed by atoms with Crippen LogP contribution in [-0.4, -0.2) is 4.98 Å². The molecule has 0 unspecified atom stereocenters. The van der Waals surface area contributed by atoms with Crippen LogP contribution in [0.15, 0.2) is 60.8 Å². The summed E-state index contributed by atoms with van der Waals surface area (Å²) in [6.45, 7) is 2.64. The van der Waals surface area contributed by atoms with Crippen LogP contribution >= 0.6 is 0 Å². The van der Waals surface area contributed by atoms with Crippen molar-refractivity contribution in [2.75, 3.05) is 0 Å². The zero-order valence-corrected chi connectivity index (χ0v) is 11.5. The Kier molecular flexibility index (Phi) is 3.64. The molecule has 0 atom stereocenters. The Morgan fingerprint density at radius 2 is 1.70 bits per heavy atom. The summed E-state index contributed by atoms with van der Waals surface area (Å²) in [5.41, 5.74) is 2.18. The molecule has 2 aromatic carbocycles. The van der Waals surface area contributed by atoms with Crippen LogP contribution in [-0.2, 0) is 13.0 Å². The highest BCUT2D eigenvalue weighted by Gasteiger charge is 2.03. The minimum absolute atomic E-state index is 0.502. The monoisotopic (exact) mass is 263 g/mol. The fourth-order valence-corrected chi connectivity index (χ4v) is 2.30. The Morgan fingerprint density at radius 3 is 2.55 bits per heavy atom. The quantitative estimate of drug-likeness (QED) is 0.697. The number of pyridine rings is 1. The van der Waals surface area contributed by atoms with E-state index in [0.29, 0.717) is 6.61 Å². The topological polar surface area (TPSA) is 22.1 Å². The van der Waals surface area contributed by atoms with Crippen LogP contribution in [0.25, 0.3) is 10.8 Å². The van der Waals surface area contributed by atoms with E-state index in [2.05, 4.69) is 36.2 Å². The van der Waals surface area contributed by atoms with Gasteiger partial charge in [0.15, 0.2) is 0 Å². The van der Waals surface area contributed by atoms with Crippen molar-refractivity contribution in [2.24, 2.45) is 0 Å². The average molecular weight is 263 g/mol. The lowest BCUT2D eigenvalue weighted by atomic mass is 10.1. The van der Waals surface area contributed by atoms with Crippen molar-refractivity contribution in [2.45, 2.75) is 20.0 Å². The van der Waals surface area contributed by atoms with Crippen molar-refractivity contribution in [1.82, 2.24) is 4.98 Å². The molecule has 1 aromatic heterocycles. The van der Waals surface area contributed by atoms with Gasteiger partial charge in [-0.1, -0.05) is 49.4 Å². The van der Waals surface area contributed by atoms with Crippen LogP contribution in [0, 0.1) is 0 Å². The van der Waals surface area contributed by atoms with Gasteiger partial charge in [0.1, 0.15) is 12.4 Å². The highest BCUT2D eigenvalue weighted by Crippen LogP contribution is 2.20. The Labute approximate surface area is 119 Å².